The van der Waals surface area contributed by atoms with Gasteiger partial charge in [-0.15, -0.1) is 13.2 Å². The minimum absolute atomic E-state index is 0.0971. The van der Waals surface area contributed by atoms with Crippen LogP contribution in [0.25, 0.3) is 0 Å². The molecule has 0 saturated heterocycles. The van der Waals surface area contributed by atoms with E-state index in [0.717, 1.165) is 12.8 Å². The number of nitrogens with one attached hydrogen (secondary N) is 1. The van der Waals surface area contributed by atoms with Gasteiger partial charge in [-0.05, 0) is 12.8 Å². The van der Waals surface area contributed by atoms with Gasteiger partial charge in [-0.3, -0.25) is 4.79 Å². The molecule has 0 aromatic heterocycles. The van der Waals surface area contributed by atoms with Crippen LogP contribution in [0.5, 0.6) is 0 Å². The van der Waals surface area contributed by atoms with Crippen molar-refractivity contribution in [2.24, 2.45) is 5.41 Å². The van der Waals surface area contributed by atoms with Crippen LogP contribution in [0.1, 0.15) is 40.5 Å². The highest BCUT2D eigenvalue weighted by atomic mass is 16.2. The van der Waals surface area contributed by atoms with Crippen molar-refractivity contribution in [3.05, 3.63) is 25.3 Å². The van der Waals surface area contributed by atoms with E-state index < -0.39 is 0 Å². The van der Waals surface area contributed by atoms with Gasteiger partial charge in [-0.25, -0.2) is 0 Å². The second-order valence-corrected chi connectivity index (χ2v) is 3.93. The molecular formula is C13H25NO. The average molecular weight is 211 g/mol. The molecule has 0 aliphatic rings. The van der Waals surface area contributed by atoms with E-state index in [1.54, 1.807) is 6.08 Å². The number of allylic oxidation sites excluding steroid dienone is 1. The van der Waals surface area contributed by atoms with E-state index in [1.807, 2.05) is 26.8 Å². The summed E-state index contributed by atoms with van der Waals surface area (Å²) in [5.41, 5.74) is -0.247. The molecule has 2 heteroatoms. The highest BCUT2D eigenvalue weighted by molar-refractivity contribution is 5.81. The number of carbonyl (C=O) groups excluding carboxylic acids is 1. The van der Waals surface area contributed by atoms with Crippen LogP contribution in [0.3, 0.4) is 0 Å². The second kappa shape index (κ2) is 9.50. The number of hydrogen-bond donors (Lipinski definition) is 1. The summed E-state index contributed by atoms with van der Waals surface area (Å²) in [6.07, 6.45) is 5.50. The third-order valence-electron chi connectivity index (χ3n) is 2.19. The number of carbonyl (C=O) groups is 1. The first-order valence-electron chi connectivity index (χ1n) is 5.46. The Kier molecular flexibility index (Phi) is 10.4. The molecule has 0 aliphatic heterocycles. The normalized spacial score (nSPS) is 9.60. The SMILES string of the molecule is C=CCC.C=CCNC(=O)C(C)(C)CC. The lowest BCUT2D eigenvalue weighted by Crippen LogP contribution is -2.36. The second-order valence-electron chi connectivity index (χ2n) is 3.93. The molecule has 0 saturated carbocycles. The third kappa shape index (κ3) is 9.26. The monoisotopic (exact) mass is 211 g/mol. The Morgan fingerprint density at radius 1 is 1.27 bits per heavy atom. The Bertz CT molecular complexity index is 195. The van der Waals surface area contributed by atoms with Crippen molar-refractivity contribution in [3.63, 3.8) is 0 Å². The predicted octanol–water partition coefficient (Wildman–Crippen LogP) is 3.31. The molecule has 2 nitrogen and oxygen atoms in total. The Balaban J connectivity index is 0. The van der Waals surface area contributed by atoms with Crippen molar-refractivity contribution in [1.82, 2.24) is 5.32 Å². The van der Waals surface area contributed by atoms with Gasteiger partial charge in [0.05, 0.1) is 0 Å². The molecule has 0 heterocycles. The van der Waals surface area contributed by atoms with Gasteiger partial charge in [0.15, 0.2) is 0 Å². The Hall–Kier alpha value is -1.05. The fourth-order valence-electron chi connectivity index (χ4n) is 0.565. The minimum atomic E-state index is -0.247. The van der Waals surface area contributed by atoms with Crippen LogP contribution in [-0.2, 0) is 4.79 Å². The summed E-state index contributed by atoms with van der Waals surface area (Å²) in [5, 5.41) is 2.77. The zero-order valence-electron chi connectivity index (χ0n) is 10.6. The highest BCUT2D eigenvalue weighted by Gasteiger charge is 2.23. The van der Waals surface area contributed by atoms with Crippen LogP contribution in [0.4, 0.5) is 0 Å². The lowest BCUT2D eigenvalue weighted by molar-refractivity contribution is -0.129. The first-order valence-corrected chi connectivity index (χ1v) is 5.46. The summed E-state index contributed by atoms with van der Waals surface area (Å²) in [6.45, 7) is 15.5. The first kappa shape index (κ1) is 16.4. The lowest BCUT2D eigenvalue weighted by Gasteiger charge is -2.20. The summed E-state index contributed by atoms with van der Waals surface area (Å²) in [7, 11) is 0. The molecule has 0 fully saturated rings. The van der Waals surface area contributed by atoms with Gasteiger partial charge in [0, 0.05) is 12.0 Å². The molecule has 0 aromatic rings. The fraction of sp³-hybridized carbons (Fsp3) is 0.615. The van der Waals surface area contributed by atoms with Gasteiger partial charge in [0.1, 0.15) is 0 Å². The van der Waals surface area contributed by atoms with Gasteiger partial charge in [-0.2, -0.15) is 0 Å². The molecule has 0 atom stereocenters. The molecule has 1 N–H and O–H groups in total. The predicted molar refractivity (Wildman–Crippen MR) is 67.8 cm³/mol. The largest absolute Gasteiger partial charge is 0.352 e. The lowest BCUT2D eigenvalue weighted by atomic mass is 9.89. The molecule has 15 heavy (non-hydrogen) atoms. The minimum Gasteiger partial charge on any atom is -0.352 e. The van der Waals surface area contributed by atoms with Crippen molar-refractivity contribution in [1.29, 1.82) is 0 Å². The molecule has 88 valence electrons. The van der Waals surface area contributed by atoms with Gasteiger partial charge in [-0.1, -0.05) is 39.8 Å². The molecule has 0 bridgehead atoms. The van der Waals surface area contributed by atoms with E-state index in [9.17, 15) is 4.79 Å². The van der Waals surface area contributed by atoms with Crippen LogP contribution in [-0.4, -0.2) is 12.5 Å². The zero-order chi connectivity index (χ0) is 12.3. The summed E-state index contributed by atoms with van der Waals surface area (Å²) < 4.78 is 0. The van der Waals surface area contributed by atoms with E-state index in [0.29, 0.717) is 6.54 Å². The molecular weight excluding hydrogens is 186 g/mol. The van der Waals surface area contributed by atoms with Crippen LogP contribution < -0.4 is 5.32 Å². The van der Waals surface area contributed by atoms with Crippen LogP contribution in [0, 0.1) is 5.41 Å². The quantitative estimate of drug-likeness (QED) is 0.694. The van der Waals surface area contributed by atoms with Gasteiger partial charge >= 0.3 is 0 Å². The van der Waals surface area contributed by atoms with E-state index in [4.69, 9.17) is 0 Å². The van der Waals surface area contributed by atoms with Crippen LogP contribution >= 0.6 is 0 Å². The Morgan fingerprint density at radius 3 is 2.00 bits per heavy atom. The molecule has 0 spiro atoms. The van der Waals surface area contributed by atoms with Crippen LogP contribution in [0.2, 0.25) is 0 Å². The van der Waals surface area contributed by atoms with Gasteiger partial charge in [0.25, 0.3) is 0 Å². The maximum atomic E-state index is 11.3. The molecule has 0 radical (unpaired) electrons. The zero-order valence-corrected chi connectivity index (χ0v) is 10.6. The van der Waals surface area contributed by atoms with Gasteiger partial charge < -0.3 is 5.32 Å². The average Bonchev–Trinajstić information content (AvgIpc) is 2.25. The first-order chi connectivity index (χ1) is 6.96. The maximum Gasteiger partial charge on any atom is 0.225 e. The molecule has 0 aromatic carbocycles. The molecule has 0 unspecified atom stereocenters. The number of amides is 1. The van der Waals surface area contributed by atoms with Crippen molar-refractivity contribution in [2.45, 2.75) is 40.5 Å². The van der Waals surface area contributed by atoms with Crippen molar-refractivity contribution in [3.8, 4) is 0 Å². The van der Waals surface area contributed by atoms with E-state index in [1.165, 1.54) is 0 Å². The summed E-state index contributed by atoms with van der Waals surface area (Å²) in [6, 6.07) is 0. The van der Waals surface area contributed by atoms with Crippen LogP contribution in [0.15, 0.2) is 25.3 Å². The number of hydrogen-bond acceptors (Lipinski definition) is 1. The summed E-state index contributed by atoms with van der Waals surface area (Å²) in [5.74, 6) is 0.0971. The number of rotatable bonds is 5. The fourth-order valence-corrected chi connectivity index (χ4v) is 0.565. The van der Waals surface area contributed by atoms with Gasteiger partial charge in [0.2, 0.25) is 5.91 Å². The maximum absolute atomic E-state index is 11.3. The molecule has 1 amide bonds. The van der Waals surface area contributed by atoms with Crippen molar-refractivity contribution < 1.29 is 4.79 Å². The van der Waals surface area contributed by atoms with Crippen molar-refractivity contribution >= 4 is 5.91 Å². The summed E-state index contributed by atoms with van der Waals surface area (Å²) in [4.78, 5) is 11.3. The summed E-state index contributed by atoms with van der Waals surface area (Å²) >= 11 is 0. The third-order valence-corrected chi connectivity index (χ3v) is 2.19. The smallest absolute Gasteiger partial charge is 0.225 e. The van der Waals surface area contributed by atoms with E-state index in [2.05, 4.69) is 25.4 Å². The Labute approximate surface area is 94.5 Å². The topological polar surface area (TPSA) is 29.1 Å². The highest BCUT2D eigenvalue weighted by Crippen LogP contribution is 2.18. The molecule has 0 aliphatic carbocycles. The van der Waals surface area contributed by atoms with E-state index in [-0.39, 0.29) is 11.3 Å². The molecule has 0 rings (SSSR count). The van der Waals surface area contributed by atoms with Crippen molar-refractivity contribution in [2.75, 3.05) is 6.54 Å². The standard InChI is InChI=1S/C9H17NO.C4H8/c1-5-7-10-8(11)9(3,4)6-2;1-3-4-2/h5H,1,6-7H2,2-4H3,(H,10,11);3H,1,4H2,2H3. The van der Waals surface area contributed by atoms with E-state index >= 15 is 0 Å². The Morgan fingerprint density at radius 2 is 1.73 bits per heavy atom.